The van der Waals surface area contributed by atoms with Crippen LogP contribution in [0.2, 0.25) is 10.0 Å². The molecule has 0 bridgehead atoms. The fourth-order valence-corrected chi connectivity index (χ4v) is 3.95. The summed E-state index contributed by atoms with van der Waals surface area (Å²) in [6, 6.07) is 10.9. The van der Waals surface area contributed by atoms with Crippen molar-refractivity contribution in [3.05, 3.63) is 69.1 Å². The molecule has 1 aliphatic heterocycles. The maximum absolute atomic E-state index is 13.8. The first kappa shape index (κ1) is 17.6. The van der Waals surface area contributed by atoms with Crippen molar-refractivity contribution in [2.75, 3.05) is 13.6 Å². The number of likely N-dealkylation sites (N-methyl/N-ethyl adjacent to an activating group) is 1. The van der Waals surface area contributed by atoms with Crippen LogP contribution in [0.1, 0.15) is 23.7 Å². The summed E-state index contributed by atoms with van der Waals surface area (Å²) < 4.78 is 16.1. The van der Waals surface area contributed by atoms with Crippen LogP contribution >= 0.6 is 23.2 Å². The van der Waals surface area contributed by atoms with E-state index in [1.165, 1.54) is 22.7 Å². The quantitative estimate of drug-likeness (QED) is 0.515. The first-order chi connectivity index (χ1) is 12.4. The van der Waals surface area contributed by atoms with Gasteiger partial charge in [0.15, 0.2) is 0 Å². The first-order valence-electron chi connectivity index (χ1n) is 8.57. The van der Waals surface area contributed by atoms with Crippen LogP contribution in [0.4, 0.5) is 4.39 Å². The molecule has 2 nitrogen and oxygen atoms in total. The zero-order valence-electron chi connectivity index (χ0n) is 14.7. The number of nitrogens with zero attached hydrogens (tertiary/aromatic N) is 2. The molecule has 0 amide bonds. The van der Waals surface area contributed by atoms with Crippen LogP contribution in [-0.4, -0.2) is 23.1 Å². The molecule has 134 valence electrons. The summed E-state index contributed by atoms with van der Waals surface area (Å²) in [7, 11) is 2.13. The topological polar surface area (TPSA) is 8.17 Å². The first-order valence-corrected chi connectivity index (χ1v) is 9.33. The molecule has 5 heteroatoms. The van der Waals surface area contributed by atoms with Crippen LogP contribution in [0.25, 0.3) is 22.7 Å². The summed E-state index contributed by atoms with van der Waals surface area (Å²) >= 11 is 12.1. The molecule has 0 atom stereocenters. The summed E-state index contributed by atoms with van der Waals surface area (Å²) in [6.07, 6.45) is 3.06. The number of hydrogen-bond acceptors (Lipinski definition) is 1. The molecule has 0 spiro atoms. The second kappa shape index (κ2) is 6.73. The fraction of sp³-hybridized carbons (Fsp3) is 0.238. The van der Waals surface area contributed by atoms with Gasteiger partial charge in [-0.05, 0) is 61.0 Å². The largest absolute Gasteiger partial charge is 0.320 e. The van der Waals surface area contributed by atoms with E-state index in [9.17, 15) is 4.39 Å². The van der Waals surface area contributed by atoms with Crippen molar-refractivity contribution in [1.29, 1.82) is 0 Å². The Morgan fingerprint density at radius 1 is 1.15 bits per heavy atom. The van der Waals surface area contributed by atoms with Gasteiger partial charge in [0.1, 0.15) is 5.82 Å². The van der Waals surface area contributed by atoms with E-state index in [2.05, 4.69) is 28.8 Å². The molecule has 26 heavy (non-hydrogen) atoms. The maximum atomic E-state index is 13.8. The third kappa shape index (κ3) is 3.05. The molecule has 0 fully saturated rings. The molecule has 0 saturated heterocycles. The van der Waals surface area contributed by atoms with E-state index in [1.807, 2.05) is 25.1 Å². The second-order valence-corrected chi connectivity index (χ2v) is 7.73. The summed E-state index contributed by atoms with van der Waals surface area (Å²) in [4.78, 5) is 2.32. The number of aromatic nitrogens is 1. The predicted molar refractivity (Wildman–Crippen MR) is 108 cm³/mol. The Morgan fingerprint density at radius 3 is 2.73 bits per heavy atom. The number of hydrogen-bond donors (Lipinski definition) is 0. The van der Waals surface area contributed by atoms with Gasteiger partial charge in [-0.25, -0.2) is 4.39 Å². The molecule has 0 unspecified atom stereocenters. The number of halogens is 3. The lowest BCUT2D eigenvalue weighted by Gasteiger charge is -2.23. The second-order valence-electron chi connectivity index (χ2n) is 6.89. The summed E-state index contributed by atoms with van der Waals surface area (Å²) in [6.45, 7) is 3.91. The van der Waals surface area contributed by atoms with E-state index >= 15 is 0 Å². The Balaban J connectivity index is 1.89. The zero-order valence-corrected chi connectivity index (χ0v) is 16.2. The lowest BCUT2D eigenvalue weighted by atomic mass is 10.1. The van der Waals surface area contributed by atoms with E-state index in [4.69, 9.17) is 23.2 Å². The van der Waals surface area contributed by atoms with E-state index in [1.54, 1.807) is 6.07 Å². The predicted octanol–water partition coefficient (Wildman–Crippen LogP) is 6.09. The standard InChI is InChI=1S/C21H19Cl2FN2/c1-13(14-3-5-18(23)19(24)9-14)11-26-20-6-4-15(22)10-16(20)17-12-25(2)8-7-21(17)26/h3-6,9-11H,7-8,12H2,1-2H3. The van der Waals surface area contributed by atoms with Gasteiger partial charge in [-0.3, -0.25) is 0 Å². The van der Waals surface area contributed by atoms with Crippen LogP contribution in [0.3, 0.4) is 0 Å². The van der Waals surface area contributed by atoms with Gasteiger partial charge < -0.3 is 9.47 Å². The highest BCUT2D eigenvalue weighted by Gasteiger charge is 2.22. The minimum absolute atomic E-state index is 0.142. The normalized spacial score (nSPS) is 15.5. The molecule has 2 aromatic carbocycles. The van der Waals surface area contributed by atoms with Gasteiger partial charge in [0.25, 0.3) is 0 Å². The smallest absolute Gasteiger partial charge is 0.142 e. The van der Waals surface area contributed by atoms with E-state index in [-0.39, 0.29) is 5.02 Å². The third-order valence-electron chi connectivity index (χ3n) is 5.04. The maximum Gasteiger partial charge on any atom is 0.142 e. The van der Waals surface area contributed by atoms with Crippen molar-refractivity contribution in [2.24, 2.45) is 0 Å². The summed E-state index contributed by atoms with van der Waals surface area (Å²) in [5, 5.41) is 2.07. The van der Waals surface area contributed by atoms with Crippen LogP contribution in [0.15, 0.2) is 36.4 Å². The molecule has 0 aliphatic carbocycles. The van der Waals surface area contributed by atoms with Gasteiger partial charge in [0.05, 0.1) is 10.5 Å². The highest BCUT2D eigenvalue weighted by Crippen LogP contribution is 2.33. The minimum Gasteiger partial charge on any atom is -0.320 e. The van der Waals surface area contributed by atoms with Crippen molar-refractivity contribution >= 4 is 45.9 Å². The fourth-order valence-electron chi connectivity index (χ4n) is 3.66. The monoisotopic (exact) mass is 388 g/mol. The summed E-state index contributed by atoms with van der Waals surface area (Å²) in [5.41, 5.74) is 5.55. The lowest BCUT2D eigenvalue weighted by Crippen LogP contribution is -2.26. The number of benzene rings is 2. The van der Waals surface area contributed by atoms with E-state index < -0.39 is 5.82 Å². The Hall–Kier alpha value is -1.81. The Kier molecular flexibility index (Phi) is 4.55. The molecule has 3 aromatic rings. The van der Waals surface area contributed by atoms with E-state index in [0.29, 0.717) is 0 Å². The molecule has 2 heterocycles. The van der Waals surface area contributed by atoms with E-state index in [0.717, 1.165) is 41.2 Å². The van der Waals surface area contributed by atoms with Crippen molar-refractivity contribution in [3.8, 4) is 0 Å². The van der Waals surface area contributed by atoms with Gasteiger partial charge in [0.2, 0.25) is 0 Å². The van der Waals surface area contributed by atoms with Gasteiger partial charge in [-0.1, -0.05) is 29.3 Å². The molecular formula is C21H19Cl2FN2. The van der Waals surface area contributed by atoms with Crippen LogP contribution in [0.5, 0.6) is 0 Å². The molecule has 0 saturated carbocycles. The van der Waals surface area contributed by atoms with Crippen molar-refractivity contribution in [1.82, 2.24) is 9.47 Å². The number of rotatable bonds is 2. The highest BCUT2D eigenvalue weighted by molar-refractivity contribution is 6.31. The third-order valence-corrected chi connectivity index (χ3v) is 5.58. The lowest BCUT2D eigenvalue weighted by molar-refractivity contribution is 0.312. The van der Waals surface area contributed by atoms with Gasteiger partial charge in [-0.2, -0.15) is 0 Å². The Morgan fingerprint density at radius 2 is 1.96 bits per heavy atom. The average Bonchev–Trinajstić information content (AvgIpc) is 2.90. The highest BCUT2D eigenvalue weighted by atomic mass is 35.5. The van der Waals surface area contributed by atoms with Gasteiger partial charge in [0, 0.05) is 41.8 Å². The molecule has 0 radical (unpaired) electrons. The minimum atomic E-state index is -0.398. The SMILES string of the molecule is CC(=Cn1c2c(c3cc(Cl)ccc31)CN(C)CC2)c1ccc(Cl)c(F)c1. The molecule has 0 N–H and O–H groups in total. The van der Waals surface area contributed by atoms with Crippen molar-refractivity contribution in [3.63, 3.8) is 0 Å². The van der Waals surface area contributed by atoms with Crippen LogP contribution < -0.4 is 0 Å². The number of fused-ring (bicyclic) bond motifs is 3. The molecular weight excluding hydrogens is 370 g/mol. The molecule has 1 aliphatic rings. The Labute approximate surface area is 162 Å². The van der Waals surface area contributed by atoms with Gasteiger partial charge >= 0.3 is 0 Å². The Bertz CT molecular complexity index is 1040. The van der Waals surface area contributed by atoms with Crippen LogP contribution in [-0.2, 0) is 13.0 Å². The number of allylic oxidation sites excluding steroid dienone is 1. The summed E-state index contributed by atoms with van der Waals surface area (Å²) in [5.74, 6) is -0.398. The van der Waals surface area contributed by atoms with Crippen molar-refractivity contribution < 1.29 is 4.39 Å². The van der Waals surface area contributed by atoms with Crippen LogP contribution in [0, 0.1) is 5.82 Å². The molecule has 1 aromatic heterocycles. The molecule has 4 rings (SSSR count). The van der Waals surface area contributed by atoms with Gasteiger partial charge in [-0.15, -0.1) is 0 Å². The van der Waals surface area contributed by atoms with Crippen molar-refractivity contribution in [2.45, 2.75) is 19.9 Å². The zero-order chi connectivity index (χ0) is 18.4. The average molecular weight is 389 g/mol.